The van der Waals surface area contributed by atoms with Gasteiger partial charge in [-0.3, -0.25) is 9.59 Å². The molecule has 1 amide bonds. The minimum atomic E-state index is 0.0154. The molecule has 1 aliphatic rings. The number of anilines is 1. The average molecular weight is 287 g/mol. The minimum absolute atomic E-state index is 0.0154. The van der Waals surface area contributed by atoms with Gasteiger partial charge in [-0.15, -0.1) is 0 Å². The van der Waals surface area contributed by atoms with Crippen LogP contribution in [0, 0.1) is 0 Å². The van der Waals surface area contributed by atoms with Crippen LogP contribution in [0.5, 0.6) is 0 Å². The summed E-state index contributed by atoms with van der Waals surface area (Å²) < 4.78 is 0. The summed E-state index contributed by atoms with van der Waals surface area (Å²) >= 11 is 0. The summed E-state index contributed by atoms with van der Waals surface area (Å²) in [5.41, 5.74) is 2.55. The Labute approximate surface area is 127 Å². The average Bonchev–Trinajstić information content (AvgIpc) is 2.85. The number of unbranched alkanes of at least 4 members (excludes halogenated alkanes) is 6. The number of benzene rings is 1. The molecule has 0 aromatic heterocycles. The standard InChI is InChI=1S/C18H25NO2/c1-2-3-4-5-6-7-8-9-17(20)14-10-11-16-15(12-14)13-18(21)19-16/h10-12H,2-9,13H2,1H3,(H,19,21). The van der Waals surface area contributed by atoms with Crippen LogP contribution in [0.2, 0.25) is 0 Å². The SMILES string of the molecule is CCCCCCCCCC(=O)c1ccc2c(c1)CC(=O)N2. The van der Waals surface area contributed by atoms with Crippen LogP contribution in [-0.4, -0.2) is 11.7 Å². The molecule has 0 spiro atoms. The van der Waals surface area contributed by atoms with E-state index in [0.29, 0.717) is 12.8 Å². The predicted molar refractivity (Wildman–Crippen MR) is 85.7 cm³/mol. The Kier molecular flexibility index (Phi) is 5.97. The zero-order valence-electron chi connectivity index (χ0n) is 12.9. The predicted octanol–water partition coefficient (Wildman–Crippen LogP) is 4.50. The van der Waals surface area contributed by atoms with Crippen molar-refractivity contribution in [2.45, 2.75) is 64.7 Å². The van der Waals surface area contributed by atoms with Gasteiger partial charge in [0.25, 0.3) is 0 Å². The fourth-order valence-corrected chi connectivity index (χ4v) is 2.79. The monoisotopic (exact) mass is 287 g/mol. The van der Waals surface area contributed by atoms with Crippen LogP contribution in [-0.2, 0) is 11.2 Å². The number of carbonyl (C=O) groups excluding carboxylic acids is 2. The number of hydrogen-bond donors (Lipinski definition) is 1. The number of amides is 1. The van der Waals surface area contributed by atoms with Gasteiger partial charge in [0, 0.05) is 17.7 Å². The molecule has 1 aromatic rings. The molecule has 0 radical (unpaired) electrons. The number of Topliss-reactive ketones (excluding diaryl/α,β-unsaturated/α-hetero) is 1. The second-order valence-corrected chi connectivity index (χ2v) is 5.89. The molecule has 1 heterocycles. The zero-order valence-corrected chi connectivity index (χ0v) is 12.9. The van der Waals surface area contributed by atoms with Gasteiger partial charge in [0.2, 0.25) is 5.91 Å². The van der Waals surface area contributed by atoms with Crippen molar-refractivity contribution in [3.8, 4) is 0 Å². The van der Waals surface area contributed by atoms with E-state index in [0.717, 1.165) is 29.7 Å². The maximum atomic E-state index is 12.2. The molecule has 0 bridgehead atoms. The number of carbonyl (C=O) groups is 2. The largest absolute Gasteiger partial charge is 0.326 e. The first kappa shape index (κ1) is 15.7. The van der Waals surface area contributed by atoms with Gasteiger partial charge in [0.1, 0.15) is 0 Å². The zero-order chi connectivity index (χ0) is 15.1. The number of hydrogen-bond acceptors (Lipinski definition) is 2. The van der Waals surface area contributed by atoms with Crippen LogP contribution in [0.4, 0.5) is 5.69 Å². The molecule has 2 rings (SSSR count). The fraction of sp³-hybridized carbons (Fsp3) is 0.556. The molecule has 0 saturated carbocycles. The topological polar surface area (TPSA) is 46.2 Å². The van der Waals surface area contributed by atoms with Crippen molar-refractivity contribution < 1.29 is 9.59 Å². The molecule has 0 aliphatic carbocycles. The van der Waals surface area contributed by atoms with Gasteiger partial charge in [-0.05, 0) is 30.2 Å². The van der Waals surface area contributed by atoms with Gasteiger partial charge in [0.05, 0.1) is 6.42 Å². The van der Waals surface area contributed by atoms with Crippen LogP contribution in [0.3, 0.4) is 0 Å². The second-order valence-electron chi connectivity index (χ2n) is 5.89. The lowest BCUT2D eigenvalue weighted by Crippen LogP contribution is -2.03. The summed E-state index contributed by atoms with van der Waals surface area (Å²) in [6.45, 7) is 2.22. The van der Waals surface area contributed by atoms with E-state index in [1.54, 1.807) is 0 Å². The highest BCUT2D eigenvalue weighted by Crippen LogP contribution is 2.24. The Morgan fingerprint density at radius 3 is 2.57 bits per heavy atom. The van der Waals surface area contributed by atoms with Gasteiger partial charge in [0.15, 0.2) is 5.78 Å². The number of fused-ring (bicyclic) bond motifs is 1. The maximum absolute atomic E-state index is 12.2. The molecule has 114 valence electrons. The Morgan fingerprint density at radius 2 is 1.81 bits per heavy atom. The third-order valence-corrected chi connectivity index (χ3v) is 4.06. The normalized spacial score (nSPS) is 13.1. The molecule has 21 heavy (non-hydrogen) atoms. The molecule has 0 atom stereocenters. The third kappa shape index (κ3) is 4.69. The quantitative estimate of drug-likeness (QED) is 0.536. The highest BCUT2D eigenvalue weighted by Gasteiger charge is 2.18. The van der Waals surface area contributed by atoms with Gasteiger partial charge < -0.3 is 5.32 Å². The molecule has 1 N–H and O–H groups in total. The fourth-order valence-electron chi connectivity index (χ4n) is 2.79. The molecular formula is C18H25NO2. The van der Waals surface area contributed by atoms with E-state index < -0.39 is 0 Å². The number of nitrogens with one attached hydrogen (secondary N) is 1. The van der Waals surface area contributed by atoms with E-state index in [4.69, 9.17) is 0 Å². The summed E-state index contributed by atoms with van der Waals surface area (Å²) in [6.07, 6.45) is 9.55. The van der Waals surface area contributed by atoms with Crippen LogP contribution in [0.1, 0.15) is 74.2 Å². The van der Waals surface area contributed by atoms with E-state index in [1.807, 2.05) is 18.2 Å². The van der Waals surface area contributed by atoms with Gasteiger partial charge in [-0.25, -0.2) is 0 Å². The summed E-state index contributed by atoms with van der Waals surface area (Å²) in [4.78, 5) is 23.5. The second kappa shape index (κ2) is 7.96. The lowest BCUT2D eigenvalue weighted by molar-refractivity contribution is -0.115. The number of ketones is 1. The van der Waals surface area contributed by atoms with Crippen molar-refractivity contribution in [2.75, 3.05) is 5.32 Å². The summed E-state index contributed by atoms with van der Waals surface area (Å²) in [5.74, 6) is 0.215. The van der Waals surface area contributed by atoms with Crippen molar-refractivity contribution >= 4 is 17.4 Å². The molecule has 0 fully saturated rings. The third-order valence-electron chi connectivity index (χ3n) is 4.06. The summed E-state index contributed by atoms with van der Waals surface area (Å²) in [5, 5.41) is 2.79. The lowest BCUT2D eigenvalue weighted by atomic mass is 10.0. The van der Waals surface area contributed by atoms with Crippen LogP contribution >= 0.6 is 0 Å². The minimum Gasteiger partial charge on any atom is -0.326 e. The first-order valence-electron chi connectivity index (χ1n) is 8.16. The van der Waals surface area contributed by atoms with E-state index in [1.165, 1.54) is 32.1 Å². The van der Waals surface area contributed by atoms with Crippen molar-refractivity contribution in [1.29, 1.82) is 0 Å². The Morgan fingerprint density at radius 1 is 1.10 bits per heavy atom. The Hall–Kier alpha value is -1.64. The van der Waals surface area contributed by atoms with E-state index in [9.17, 15) is 9.59 Å². The molecule has 1 aromatic carbocycles. The highest BCUT2D eigenvalue weighted by atomic mass is 16.1. The number of rotatable bonds is 9. The van der Waals surface area contributed by atoms with Crippen LogP contribution in [0.25, 0.3) is 0 Å². The van der Waals surface area contributed by atoms with Crippen LogP contribution < -0.4 is 5.32 Å². The summed E-state index contributed by atoms with van der Waals surface area (Å²) in [6, 6.07) is 5.54. The van der Waals surface area contributed by atoms with E-state index >= 15 is 0 Å². The Balaban J connectivity index is 1.72. The molecule has 0 saturated heterocycles. The van der Waals surface area contributed by atoms with E-state index in [-0.39, 0.29) is 11.7 Å². The molecular weight excluding hydrogens is 262 g/mol. The smallest absolute Gasteiger partial charge is 0.228 e. The van der Waals surface area contributed by atoms with Crippen LogP contribution in [0.15, 0.2) is 18.2 Å². The molecule has 3 nitrogen and oxygen atoms in total. The molecule has 1 aliphatic heterocycles. The summed E-state index contributed by atoms with van der Waals surface area (Å²) in [7, 11) is 0. The van der Waals surface area contributed by atoms with Gasteiger partial charge in [-0.1, -0.05) is 45.4 Å². The van der Waals surface area contributed by atoms with E-state index in [2.05, 4.69) is 12.2 Å². The first-order valence-corrected chi connectivity index (χ1v) is 8.16. The molecule has 3 heteroatoms. The highest BCUT2D eigenvalue weighted by molar-refractivity contribution is 6.02. The lowest BCUT2D eigenvalue weighted by Gasteiger charge is -2.04. The maximum Gasteiger partial charge on any atom is 0.228 e. The van der Waals surface area contributed by atoms with Crippen molar-refractivity contribution in [3.63, 3.8) is 0 Å². The van der Waals surface area contributed by atoms with Crippen molar-refractivity contribution in [3.05, 3.63) is 29.3 Å². The van der Waals surface area contributed by atoms with Gasteiger partial charge in [-0.2, -0.15) is 0 Å². The molecule has 0 unspecified atom stereocenters. The van der Waals surface area contributed by atoms with Crippen molar-refractivity contribution in [1.82, 2.24) is 0 Å². The Bertz CT molecular complexity index is 508. The van der Waals surface area contributed by atoms with Crippen molar-refractivity contribution in [2.24, 2.45) is 0 Å². The first-order chi connectivity index (χ1) is 10.2. The van der Waals surface area contributed by atoms with Gasteiger partial charge >= 0.3 is 0 Å².